The Hall–Kier alpha value is -4.88. The van der Waals surface area contributed by atoms with Gasteiger partial charge in [0.25, 0.3) is 11.5 Å². The monoisotopic (exact) mass is 571 g/mol. The van der Waals surface area contributed by atoms with Crippen LogP contribution in [0.3, 0.4) is 0 Å². The number of anilines is 1. The average Bonchev–Trinajstić information content (AvgIpc) is 3.42. The molecule has 214 valence electrons. The van der Waals surface area contributed by atoms with Gasteiger partial charge in [-0.05, 0) is 30.2 Å². The highest BCUT2D eigenvalue weighted by atomic mass is 19.4. The van der Waals surface area contributed by atoms with Crippen molar-refractivity contribution >= 4 is 17.5 Å². The van der Waals surface area contributed by atoms with Crippen molar-refractivity contribution in [1.29, 1.82) is 0 Å². The zero-order chi connectivity index (χ0) is 29.4. The van der Waals surface area contributed by atoms with Crippen LogP contribution in [0.1, 0.15) is 33.7 Å². The molecule has 2 N–H and O–H groups in total. The second-order valence-corrected chi connectivity index (χ2v) is 9.09. The fourth-order valence-corrected chi connectivity index (χ4v) is 3.82. The normalized spacial score (nSPS) is 12.1. The molecule has 0 aliphatic carbocycles. The standard InChI is InChI=1S/C27H25F4N7O3/c28-20(16-37-10-8-21(14-25(37)40)34-24(39)12-18-4-2-1-3-5-18)7-11-38-17-23(35-36-38)26(41)33-15-22-13-19(6-9-32-22)27(29,30)31/h1-6,8-10,13-14,17,20H,7,11-12,15-16H2,(H,33,41)(H,34,39). The van der Waals surface area contributed by atoms with E-state index in [1.54, 1.807) is 0 Å². The van der Waals surface area contributed by atoms with Crippen LogP contribution in [-0.4, -0.2) is 42.5 Å². The van der Waals surface area contributed by atoms with Crippen LogP contribution in [0.15, 0.2) is 78.0 Å². The third-order valence-electron chi connectivity index (χ3n) is 5.90. The van der Waals surface area contributed by atoms with Crippen molar-refractivity contribution in [1.82, 2.24) is 29.9 Å². The van der Waals surface area contributed by atoms with E-state index in [9.17, 15) is 31.9 Å². The smallest absolute Gasteiger partial charge is 0.345 e. The molecule has 0 saturated heterocycles. The summed E-state index contributed by atoms with van der Waals surface area (Å²) in [7, 11) is 0. The molecule has 0 aliphatic heterocycles. The van der Waals surface area contributed by atoms with Crippen molar-refractivity contribution in [2.24, 2.45) is 0 Å². The molecule has 41 heavy (non-hydrogen) atoms. The Bertz CT molecular complexity index is 1550. The molecule has 2 amide bonds. The second kappa shape index (κ2) is 13.0. The van der Waals surface area contributed by atoms with Crippen molar-refractivity contribution in [3.05, 3.63) is 106 Å². The summed E-state index contributed by atoms with van der Waals surface area (Å²) in [6.07, 6.45) is -2.18. The minimum atomic E-state index is -4.53. The number of hydrogen-bond donors (Lipinski definition) is 2. The van der Waals surface area contributed by atoms with Crippen molar-refractivity contribution in [3.63, 3.8) is 0 Å². The Balaban J connectivity index is 1.23. The maximum absolute atomic E-state index is 14.6. The fourth-order valence-electron chi connectivity index (χ4n) is 3.82. The first-order chi connectivity index (χ1) is 19.6. The van der Waals surface area contributed by atoms with Crippen LogP contribution in [0.25, 0.3) is 0 Å². The third-order valence-corrected chi connectivity index (χ3v) is 5.90. The summed E-state index contributed by atoms with van der Waals surface area (Å²) < 4.78 is 55.6. The van der Waals surface area contributed by atoms with E-state index in [2.05, 4.69) is 25.9 Å². The lowest BCUT2D eigenvalue weighted by Crippen LogP contribution is -2.25. The zero-order valence-corrected chi connectivity index (χ0v) is 21.5. The van der Waals surface area contributed by atoms with Crippen LogP contribution in [0.2, 0.25) is 0 Å². The van der Waals surface area contributed by atoms with Crippen LogP contribution in [0.4, 0.5) is 23.2 Å². The third kappa shape index (κ3) is 8.55. The van der Waals surface area contributed by atoms with Crippen LogP contribution in [0, 0.1) is 0 Å². The summed E-state index contributed by atoms with van der Waals surface area (Å²) in [5, 5.41) is 12.5. The molecule has 1 unspecified atom stereocenters. The number of carbonyl (C=O) groups excluding carboxylic acids is 2. The van der Waals surface area contributed by atoms with Gasteiger partial charge < -0.3 is 15.2 Å². The number of aryl methyl sites for hydroxylation is 1. The number of benzene rings is 1. The summed E-state index contributed by atoms with van der Waals surface area (Å²) in [6.45, 7) is -0.436. The van der Waals surface area contributed by atoms with Gasteiger partial charge in [-0.1, -0.05) is 35.5 Å². The number of rotatable bonds is 11. The van der Waals surface area contributed by atoms with Crippen LogP contribution in [-0.2, 0) is 37.0 Å². The summed E-state index contributed by atoms with van der Waals surface area (Å²) >= 11 is 0. The summed E-state index contributed by atoms with van der Waals surface area (Å²) in [5.41, 5.74) is -0.328. The molecule has 0 radical (unpaired) electrons. The van der Waals surface area contributed by atoms with Gasteiger partial charge in [0.15, 0.2) is 5.69 Å². The zero-order valence-electron chi connectivity index (χ0n) is 21.5. The first-order valence-electron chi connectivity index (χ1n) is 12.5. The lowest BCUT2D eigenvalue weighted by Gasteiger charge is -2.12. The largest absolute Gasteiger partial charge is 0.416 e. The maximum atomic E-state index is 14.6. The maximum Gasteiger partial charge on any atom is 0.416 e. The molecule has 0 bridgehead atoms. The molecule has 0 saturated carbocycles. The van der Waals surface area contributed by atoms with Gasteiger partial charge in [0.2, 0.25) is 5.91 Å². The van der Waals surface area contributed by atoms with Gasteiger partial charge in [-0.15, -0.1) is 5.10 Å². The Morgan fingerprint density at radius 3 is 2.56 bits per heavy atom. The molecule has 3 aromatic heterocycles. The first-order valence-corrected chi connectivity index (χ1v) is 12.5. The quantitative estimate of drug-likeness (QED) is 0.266. The number of pyridine rings is 2. The summed E-state index contributed by atoms with van der Waals surface area (Å²) in [5.74, 6) is -0.973. The van der Waals surface area contributed by atoms with Crippen LogP contribution in [0.5, 0.6) is 0 Å². The van der Waals surface area contributed by atoms with Gasteiger partial charge in [0, 0.05) is 30.7 Å². The van der Waals surface area contributed by atoms with Crippen LogP contribution < -0.4 is 16.2 Å². The van der Waals surface area contributed by atoms with Crippen molar-refractivity contribution in [2.45, 2.75) is 44.8 Å². The molecule has 10 nitrogen and oxygen atoms in total. The molecule has 4 aromatic rings. The van der Waals surface area contributed by atoms with Gasteiger partial charge in [-0.2, -0.15) is 13.2 Å². The lowest BCUT2D eigenvalue weighted by atomic mass is 10.1. The number of nitrogens with one attached hydrogen (secondary N) is 2. The van der Waals surface area contributed by atoms with Gasteiger partial charge >= 0.3 is 6.18 Å². The fraction of sp³-hybridized carbons (Fsp3) is 0.259. The van der Waals surface area contributed by atoms with E-state index >= 15 is 0 Å². The minimum absolute atomic E-state index is 0.0127. The van der Waals surface area contributed by atoms with Crippen molar-refractivity contribution in [2.75, 3.05) is 5.32 Å². The molecule has 14 heteroatoms. The van der Waals surface area contributed by atoms with Crippen molar-refractivity contribution in [3.8, 4) is 0 Å². The van der Waals surface area contributed by atoms with E-state index in [4.69, 9.17) is 0 Å². The van der Waals surface area contributed by atoms with E-state index < -0.39 is 29.4 Å². The Morgan fingerprint density at radius 2 is 1.83 bits per heavy atom. The Labute approximate surface area is 231 Å². The predicted molar refractivity (Wildman–Crippen MR) is 139 cm³/mol. The molecule has 0 spiro atoms. The molecule has 3 heterocycles. The molecule has 0 aliphatic rings. The number of amides is 2. The highest BCUT2D eigenvalue weighted by Crippen LogP contribution is 2.28. The Kier molecular flexibility index (Phi) is 9.22. The highest BCUT2D eigenvalue weighted by molar-refractivity contribution is 5.92. The van der Waals surface area contributed by atoms with E-state index in [0.29, 0.717) is 5.69 Å². The Morgan fingerprint density at radius 1 is 1.05 bits per heavy atom. The van der Waals surface area contributed by atoms with E-state index in [1.165, 1.54) is 33.8 Å². The molecule has 4 rings (SSSR count). The topological polar surface area (TPSA) is 124 Å². The number of aromatic nitrogens is 5. The lowest BCUT2D eigenvalue weighted by molar-refractivity contribution is -0.137. The average molecular weight is 572 g/mol. The molecule has 1 atom stereocenters. The first kappa shape index (κ1) is 29.1. The second-order valence-electron chi connectivity index (χ2n) is 9.09. The van der Waals surface area contributed by atoms with Gasteiger partial charge in [0.05, 0.1) is 37.0 Å². The highest BCUT2D eigenvalue weighted by Gasteiger charge is 2.30. The molecular weight excluding hydrogens is 546 g/mol. The number of halogens is 4. The summed E-state index contributed by atoms with van der Waals surface area (Å²) in [4.78, 5) is 40.7. The van der Waals surface area contributed by atoms with E-state index in [0.717, 1.165) is 23.9 Å². The SMILES string of the molecule is O=C(Cc1ccccc1)Nc1ccn(CC(F)CCn2cc(C(=O)NCc3cc(C(F)(F)F)ccn3)nn2)c(=O)c1. The summed E-state index contributed by atoms with van der Waals surface area (Å²) in [6, 6.07) is 13.5. The van der Waals surface area contributed by atoms with Crippen molar-refractivity contribution < 1.29 is 27.2 Å². The van der Waals surface area contributed by atoms with E-state index in [1.807, 2.05) is 30.3 Å². The minimum Gasteiger partial charge on any atom is -0.345 e. The number of hydrogen-bond acceptors (Lipinski definition) is 6. The molecule has 1 aromatic carbocycles. The number of carbonyl (C=O) groups is 2. The number of alkyl halides is 4. The van der Waals surface area contributed by atoms with E-state index in [-0.39, 0.29) is 49.8 Å². The van der Waals surface area contributed by atoms with Gasteiger partial charge in [-0.3, -0.25) is 24.0 Å². The number of nitrogens with zero attached hydrogens (tertiary/aromatic N) is 5. The van der Waals surface area contributed by atoms with Gasteiger partial charge in [-0.25, -0.2) is 4.39 Å². The molecular formula is C27H25F4N7O3. The molecule has 0 fully saturated rings. The van der Waals surface area contributed by atoms with Gasteiger partial charge in [0.1, 0.15) is 6.17 Å². The predicted octanol–water partition coefficient (Wildman–Crippen LogP) is 3.39. The van der Waals surface area contributed by atoms with Crippen LogP contribution >= 0.6 is 0 Å².